The molecule has 72 valence electrons. The van der Waals surface area contributed by atoms with E-state index in [-0.39, 0.29) is 0 Å². The molecular weight excluding hydrogens is 202 g/mol. The number of carboxylic acid groups (broad SMARTS) is 1. The van der Waals surface area contributed by atoms with Gasteiger partial charge in [0, 0.05) is 5.56 Å². The first kappa shape index (κ1) is 9.09. The number of benzene rings is 1. The molecule has 0 aromatic heterocycles. The summed E-state index contributed by atoms with van der Waals surface area (Å²) < 4.78 is 0. The van der Waals surface area contributed by atoms with E-state index in [4.69, 9.17) is 16.7 Å². The second kappa shape index (κ2) is 3.03. The fourth-order valence-corrected chi connectivity index (χ4v) is 1.69. The van der Waals surface area contributed by atoms with E-state index in [1.165, 1.54) is 0 Å². The predicted octanol–water partition coefficient (Wildman–Crippen LogP) is 1.74. The van der Waals surface area contributed by atoms with Crippen molar-refractivity contribution >= 4 is 23.6 Å². The van der Waals surface area contributed by atoms with Gasteiger partial charge in [-0.05, 0) is 17.8 Å². The molecule has 4 heteroatoms. The highest BCUT2D eigenvalue weighted by molar-refractivity contribution is 6.33. The smallest absolute Gasteiger partial charge is 0.350 e. The Morgan fingerprint density at radius 1 is 1.43 bits per heavy atom. The molecule has 2 N–H and O–H groups in total. The summed E-state index contributed by atoms with van der Waals surface area (Å²) in [6.45, 7) is 0. The number of carboxylic acids is 1. The first-order valence-electron chi connectivity index (χ1n) is 4.10. The van der Waals surface area contributed by atoms with Crippen LogP contribution in [0.3, 0.4) is 0 Å². The minimum absolute atomic E-state index is 0.566. The van der Waals surface area contributed by atoms with E-state index in [1.54, 1.807) is 24.4 Å². The summed E-state index contributed by atoms with van der Waals surface area (Å²) >= 11 is 5.98. The number of alkyl halides is 1. The van der Waals surface area contributed by atoms with E-state index >= 15 is 0 Å². The van der Waals surface area contributed by atoms with Crippen LogP contribution in [0.5, 0.6) is 0 Å². The molecule has 14 heavy (non-hydrogen) atoms. The van der Waals surface area contributed by atoms with Gasteiger partial charge in [-0.3, -0.25) is 0 Å². The van der Waals surface area contributed by atoms with Gasteiger partial charge in [-0.2, -0.15) is 0 Å². The average Bonchev–Trinajstić information content (AvgIpc) is 2.18. The lowest BCUT2D eigenvalue weighted by Gasteiger charge is -2.27. The van der Waals surface area contributed by atoms with Gasteiger partial charge in [0.2, 0.25) is 5.00 Å². The molecule has 1 atom stereocenters. The zero-order valence-corrected chi connectivity index (χ0v) is 7.95. The van der Waals surface area contributed by atoms with Crippen molar-refractivity contribution in [2.45, 2.75) is 5.00 Å². The molecule has 1 unspecified atom stereocenters. The minimum Gasteiger partial charge on any atom is -0.478 e. The van der Waals surface area contributed by atoms with E-state index < -0.39 is 11.0 Å². The summed E-state index contributed by atoms with van der Waals surface area (Å²) in [6.07, 6.45) is 3.34. The largest absolute Gasteiger partial charge is 0.478 e. The summed E-state index contributed by atoms with van der Waals surface area (Å²) in [5.74, 6) is -1.10. The molecule has 0 spiro atoms. The van der Waals surface area contributed by atoms with Crippen LogP contribution < -0.4 is 5.32 Å². The van der Waals surface area contributed by atoms with Crippen molar-refractivity contribution in [3.8, 4) is 0 Å². The number of halogens is 1. The van der Waals surface area contributed by atoms with Crippen LogP contribution in [-0.4, -0.2) is 11.1 Å². The Balaban J connectivity index is 2.61. The van der Waals surface area contributed by atoms with Gasteiger partial charge in [-0.15, -0.1) is 0 Å². The van der Waals surface area contributed by atoms with Gasteiger partial charge < -0.3 is 10.4 Å². The topological polar surface area (TPSA) is 49.3 Å². The summed E-state index contributed by atoms with van der Waals surface area (Å²) in [5.41, 5.74) is 1.39. The lowest BCUT2D eigenvalue weighted by molar-refractivity contribution is -0.141. The number of hydrogen-bond donors (Lipinski definition) is 2. The lowest BCUT2D eigenvalue weighted by atomic mass is 9.97. The maximum Gasteiger partial charge on any atom is 0.350 e. The highest BCUT2D eigenvalue weighted by Gasteiger charge is 2.40. The predicted molar refractivity (Wildman–Crippen MR) is 53.8 cm³/mol. The number of aliphatic carboxylic acids is 1. The van der Waals surface area contributed by atoms with Crippen molar-refractivity contribution in [2.75, 3.05) is 0 Å². The Morgan fingerprint density at radius 2 is 2.14 bits per heavy atom. The first-order valence-corrected chi connectivity index (χ1v) is 4.48. The SMILES string of the molecule is O=C(O)C1(Cl)NC=Cc2ccccc21. The van der Waals surface area contributed by atoms with Gasteiger partial charge in [-0.25, -0.2) is 4.79 Å². The molecule has 0 amide bonds. The molecule has 0 saturated heterocycles. The zero-order valence-electron chi connectivity index (χ0n) is 7.20. The average molecular weight is 210 g/mol. The van der Waals surface area contributed by atoms with Crippen LogP contribution in [0, 0.1) is 0 Å². The minimum atomic E-state index is -1.54. The van der Waals surface area contributed by atoms with Crippen LogP contribution in [0.1, 0.15) is 11.1 Å². The molecule has 0 saturated carbocycles. The molecule has 0 radical (unpaired) electrons. The third-order valence-corrected chi connectivity index (χ3v) is 2.65. The molecule has 3 nitrogen and oxygen atoms in total. The second-order valence-corrected chi connectivity index (χ2v) is 3.60. The van der Waals surface area contributed by atoms with Gasteiger partial charge >= 0.3 is 5.97 Å². The maximum atomic E-state index is 11.0. The van der Waals surface area contributed by atoms with Gasteiger partial charge in [0.05, 0.1) is 0 Å². The van der Waals surface area contributed by atoms with Crippen LogP contribution in [0.15, 0.2) is 30.5 Å². The number of hydrogen-bond acceptors (Lipinski definition) is 2. The van der Waals surface area contributed by atoms with E-state index in [0.29, 0.717) is 5.56 Å². The summed E-state index contributed by atoms with van der Waals surface area (Å²) in [5, 5.41) is 11.7. The standard InChI is InChI=1S/C10H8ClNO2/c11-10(9(13)14)8-4-2-1-3-7(8)5-6-12-10/h1-6,12H,(H,13,14). The van der Waals surface area contributed by atoms with Crippen molar-refractivity contribution in [1.82, 2.24) is 5.32 Å². The van der Waals surface area contributed by atoms with Crippen LogP contribution in [0.4, 0.5) is 0 Å². The third kappa shape index (κ3) is 1.17. The molecule has 0 aliphatic carbocycles. The molecule has 2 rings (SSSR count). The normalized spacial score (nSPS) is 23.8. The molecule has 1 aliphatic rings. The van der Waals surface area contributed by atoms with E-state index in [1.807, 2.05) is 12.1 Å². The molecular formula is C10H8ClNO2. The summed E-state index contributed by atoms with van der Waals surface area (Å²) in [6, 6.07) is 7.13. The van der Waals surface area contributed by atoms with Crippen LogP contribution in [-0.2, 0) is 9.79 Å². The Hall–Kier alpha value is -1.48. The van der Waals surface area contributed by atoms with Gasteiger partial charge in [-0.1, -0.05) is 35.9 Å². The van der Waals surface area contributed by atoms with Crippen molar-refractivity contribution in [1.29, 1.82) is 0 Å². The van der Waals surface area contributed by atoms with E-state index in [9.17, 15) is 4.79 Å². The van der Waals surface area contributed by atoms with Crippen molar-refractivity contribution in [2.24, 2.45) is 0 Å². The number of rotatable bonds is 1. The number of fused-ring (bicyclic) bond motifs is 1. The Morgan fingerprint density at radius 3 is 2.86 bits per heavy atom. The molecule has 1 aliphatic heterocycles. The van der Waals surface area contributed by atoms with E-state index in [2.05, 4.69) is 5.32 Å². The number of carbonyl (C=O) groups is 1. The molecule has 1 aromatic rings. The molecule has 0 fully saturated rings. The first-order chi connectivity index (χ1) is 6.64. The summed E-state index contributed by atoms with van der Waals surface area (Å²) in [7, 11) is 0. The Labute approximate surface area is 86.0 Å². The number of nitrogens with one attached hydrogen (secondary N) is 1. The highest BCUT2D eigenvalue weighted by Crippen LogP contribution is 2.32. The van der Waals surface area contributed by atoms with E-state index in [0.717, 1.165) is 5.56 Å². The van der Waals surface area contributed by atoms with Gasteiger partial charge in [0.1, 0.15) is 0 Å². The zero-order chi connectivity index (χ0) is 10.2. The summed E-state index contributed by atoms with van der Waals surface area (Å²) in [4.78, 5) is 9.47. The Kier molecular flexibility index (Phi) is 1.97. The van der Waals surface area contributed by atoms with Gasteiger partial charge in [0.25, 0.3) is 0 Å². The van der Waals surface area contributed by atoms with Crippen LogP contribution in [0.2, 0.25) is 0 Å². The molecule has 1 aromatic carbocycles. The van der Waals surface area contributed by atoms with Gasteiger partial charge in [0.15, 0.2) is 0 Å². The van der Waals surface area contributed by atoms with Crippen molar-refractivity contribution in [3.05, 3.63) is 41.6 Å². The monoisotopic (exact) mass is 209 g/mol. The third-order valence-electron chi connectivity index (χ3n) is 2.17. The highest BCUT2D eigenvalue weighted by atomic mass is 35.5. The fourth-order valence-electron chi connectivity index (χ4n) is 1.46. The molecule has 1 heterocycles. The molecule has 0 bridgehead atoms. The fraction of sp³-hybridized carbons (Fsp3) is 0.100. The van der Waals surface area contributed by atoms with Crippen molar-refractivity contribution < 1.29 is 9.90 Å². The maximum absolute atomic E-state index is 11.0. The second-order valence-electron chi connectivity index (χ2n) is 3.03. The lowest BCUT2D eigenvalue weighted by Crippen LogP contribution is -2.43. The Bertz CT molecular complexity index is 416. The van der Waals surface area contributed by atoms with Crippen LogP contribution >= 0.6 is 11.6 Å². The van der Waals surface area contributed by atoms with Crippen LogP contribution in [0.25, 0.3) is 6.08 Å². The quantitative estimate of drug-likeness (QED) is 0.547. The van der Waals surface area contributed by atoms with Crippen molar-refractivity contribution in [3.63, 3.8) is 0 Å².